The van der Waals surface area contributed by atoms with Crippen LogP contribution in [0.4, 0.5) is 0 Å². The molecule has 0 spiro atoms. The van der Waals surface area contributed by atoms with E-state index in [9.17, 15) is 0 Å². The van der Waals surface area contributed by atoms with Crippen molar-refractivity contribution in [3.8, 4) is 0 Å². The maximum absolute atomic E-state index is 3.36. The standard InChI is InChI=1S/C11H20N2/c1-3-5-11(4-2)10-13-8-6-12-7-9-13/h3-5,12H,6-10H2,1-2H3/b5-3-,11-4+. The second kappa shape index (κ2) is 5.95. The highest BCUT2D eigenvalue weighted by molar-refractivity contribution is 5.19. The van der Waals surface area contributed by atoms with Gasteiger partial charge in [0.2, 0.25) is 0 Å². The van der Waals surface area contributed by atoms with Crippen LogP contribution in [-0.2, 0) is 0 Å². The van der Waals surface area contributed by atoms with Gasteiger partial charge in [-0.3, -0.25) is 4.90 Å². The van der Waals surface area contributed by atoms with Crippen molar-refractivity contribution in [1.82, 2.24) is 10.2 Å². The molecule has 74 valence electrons. The number of rotatable bonds is 3. The number of hydrogen-bond acceptors (Lipinski definition) is 2. The predicted molar refractivity (Wildman–Crippen MR) is 57.9 cm³/mol. The fraction of sp³-hybridized carbons (Fsp3) is 0.636. The van der Waals surface area contributed by atoms with Crippen molar-refractivity contribution >= 4 is 0 Å². The molecule has 2 nitrogen and oxygen atoms in total. The molecule has 0 saturated carbocycles. The summed E-state index contributed by atoms with van der Waals surface area (Å²) < 4.78 is 0. The zero-order valence-corrected chi connectivity index (χ0v) is 8.71. The van der Waals surface area contributed by atoms with E-state index in [1.54, 1.807) is 0 Å². The third kappa shape index (κ3) is 3.75. The summed E-state index contributed by atoms with van der Waals surface area (Å²) in [6.07, 6.45) is 6.50. The van der Waals surface area contributed by atoms with Gasteiger partial charge in [0, 0.05) is 32.7 Å². The Morgan fingerprint density at radius 2 is 2.00 bits per heavy atom. The maximum atomic E-state index is 3.36. The van der Waals surface area contributed by atoms with E-state index in [0.29, 0.717) is 0 Å². The summed E-state index contributed by atoms with van der Waals surface area (Å²) in [7, 11) is 0. The van der Waals surface area contributed by atoms with Crippen LogP contribution in [0, 0.1) is 0 Å². The van der Waals surface area contributed by atoms with Crippen LogP contribution < -0.4 is 5.32 Å². The van der Waals surface area contributed by atoms with Crippen molar-refractivity contribution in [1.29, 1.82) is 0 Å². The van der Waals surface area contributed by atoms with Gasteiger partial charge < -0.3 is 5.32 Å². The van der Waals surface area contributed by atoms with E-state index in [1.807, 2.05) is 0 Å². The van der Waals surface area contributed by atoms with E-state index in [4.69, 9.17) is 0 Å². The van der Waals surface area contributed by atoms with Crippen LogP contribution in [0.15, 0.2) is 23.8 Å². The van der Waals surface area contributed by atoms with E-state index in [-0.39, 0.29) is 0 Å². The van der Waals surface area contributed by atoms with Crippen LogP contribution in [0.3, 0.4) is 0 Å². The zero-order valence-electron chi connectivity index (χ0n) is 8.71. The number of piperazine rings is 1. The Bertz CT molecular complexity index is 188. The molecule has 0 aromatic carbocycles. The molecule has 0 aromatic rings. The van der Waals surface area contributed by atoms with Gasteiger partial charge in [0.1, 0.15) is 0 Å². The zero-order chi connectivity index (χ0) is 9.52. The Labute approximate surface area is 81.3 Å². The molecule has 1 saturated heterocycles. The molecule has 1 N–H and O–H groups in total. The van der Waals surface area contributed by atoms with Crippen LogP contribution in [0.1, 0.15) is 13.8 Å². The second-order valence-electron chi connectivity index (χ2n) is 3.39. The SMILES string of the molecule is C/C=C\C(=C/C)CN1CCNCC1. The second-order valence-corrected chi connectivity index (χ2v) is 3.39. The monoisotopic (exact) mass is 180 g/mol. The molecule has 0 radical (unpaired) electrons. The van der Waals surface area contributed by atoms with Gasteiger partial charge in [-0.05, 0) is 19.4 Å². The van der Waals surface area contributed by atoms with Crippen LogP contribution in [0.2, 0.25) is 0 Å². The predicted octanol–water partition coefficient (Wildman–Crippen LogP) is 1.41. The summed E-state index contributed by atoms with van der Waals surface area (Å²) >= 11 is 0. The third-order valence-corrected chi connectivity index (χ3v) is 2.37. The number of allylic oxidation sites excluding steroid dienone is 2. The van der Waals surface area contributed by atoms with E-state index >= 15 is 0 Å². The highest BCUT2D eigenvalue weighted by atomic mass is 15.2. The highest BCUT2D eigenvalue weighted by Gasteiger charge is 2.09. The van der Waals surface area contributed by atoms with E-state index < -0.39 is 0 Å². The van der Waals surface area contributed by atoms with E-state index in [2.05, 4.69) is 42.3 Å². The van der Waals surface area contributed by atoms with Crippen molar-refractivity contribution in [2.75, 3.05) is 32.7 Å². The Morgan fingerprint density at radius 3 is 2.54 bits per heavy atom. The largest absolute Gasteiger partial charge is 0.314 e. The maximum Gasteiger partial charge on any atom is 0.0231 e. The van der Waals surface area contributed by atoms with Crippen molar-refractivity contribution in [3.05, 3.63) is 23.8 Å². The van der Waals surface area contributed by atoms with Crippen LogP contribution >= 0.6 is 0 Å². The smallest absolute Gasteiger partial charge is 0.0231 e. The molecule has 0 aromatic heterocycles. The lowest BCUT2D eigenvalue weighted by atomic mass is 10.2. The van der Waals surface area contributed by atoms with Gasteiger partial charge in [0.05, 0.1) is 0 Å². The average molecular weight is 180 g/mol. The van der Waals surface area contributed by atoms with E-state index in [0.717, 1.165) is 19.6 Å². The van der Waals surface area contributed by atoms with Gasteiger partial charge >= 0.3 is 0 Å². The molecule has 0 atom stereocenters. The fourth-order valence-electron chi connectivity index (χ4n) is 1.58. The third-order valence-electron chi connectivity index (χ3n) is 2.37. The molecule has 0 bridgehead atoms. The van der Waals surface area contributed by atoms with Crippen LogP contribution in [-0.4, -0.2) is 37.6 Å². The summed E-state index contributed by atoms with van der Waals surface area (Å²) in [5.74, 6) is 0. The first-order valence-corrected chi connectivity index (χ1v) is 5.07. The minimum Gasteiger partial charge on any atom is -0.314 e. The number of nitrogens with one attached hydrogen (secondary N) is 1. The summed E-state index contributed by atoms with van der Waals surface area (Å²) in [4.78, 5) is 2.49. The lowest BCUT2D eigenvalue weighted by Crippen LogP contribution is -2.44. The summed E-state index contributed by atoms with van der Waals surface area (Å²) in [5, 5.41) is 3.36. The van der Waals surface area contributed by atoms with Gasteiger partial charge in [0.25, 0.3) is 0 Å². The van der Waals surface area contributed by atoms with Gasteiger partial charge in [-0.2, -0.15) is 0 Å². The molecular weight excluding hydrogens is 160 g/mol. The average Bonchev–Trinajstić information content (AvgIpc) is 2.19. The molecule has 0 unspecified atom stereocenters. The normalized spacial score (nSPS) is 21.2. The molecule has 0 amide bonds. The molecule has 1 aliphatic heterocycles. The Hall–Kier alpha value is -0.600. The molecule has 1 heterocycles. The minimum absolute atomic E-state index is 1.10. The van der Waals surface area contributed by atoms with Crippen molar-refractivity contribution < 1.29 is 0 Å². The topological polar surface area (TPSA) is 15.3 Å². The van der Waals surface area contributed by atoms with E-state index in [1.165, 1.54) is 18.7 Å². The molecule has 0 aliphatic carbocycles. The van der Waals surface area contributed by atoms with Gasteiger partial charge in [0.15, 0.2) is 0 Å². The summed E-state index contributed by atoms with van der Waals surface area (Å²) in [6.45, 7) is 9.89. The molecule has 2 heteroatoms. The Kier molecular flexibility index (Phi) is 4.79. The van der Waals surface area contributed by atoms with Crippen molar-refractivity contribution in [2.24, 2.45) is 0 Å². The first-order valence-electron chi connectivity index (χ1n) is 5.07. The van der Waals surface area contributed by atoms with Gasteiger partial charge in [-0.1, -0.05) is 18.2 Å². The first-order chi connectivity index (χ1) is 6.36. The van der Waals surface area contributed by atoms with Crippen molar-refractivity contribution in [3.63, 3.8) is 0 Å². The van der Waals surface area contributed by atoms with Gasteiger partial charge in [-0.25, -0.2) is 0 Å². The summed E-state index contributed by atoms with van der Waals surface area (Å²) in [5.41, 5.74) is 1.42. The van der Waals surface area contributed by atoms with Crippen molar-refractivity contribution in [2.45, 2.75) is 13.8 Å². The fourth-order valence-corrected chi connectivity index (χ4v) is 1.58. The Morgan fingerprint density at radius 1 is 1.31 bits per heavy atom. The molecule has 13 heavy (non-hydrogen) atoms. The van der Waals surface area contributed by atoms with Gasteiger partial charge in [-0.15, -0.1) is 0 Å². The number of nitrogens with zero attached hydrogens (tertiary/aromatic N) is 1. The minimum atomic E-state index is 1.10. The molecule has 1 aliphatic rings. The number of hydrogen-bond donors (Lipinski definition) is 1. The van der Waals surface area contributed by atoms with Crippen LogP contribution in [0.25, 0.3) is 0 Å². The first kappa shape index (κ1) is 10.5. The molecule has 1 rings (SSSR count). The molecule has 1 fully saturated rings. The Balaban J connectivity index is 2.36. The van der Waals surface area contributed by atoms with Crippen LogP contribution in [0.5, 0.6) is 0 Å². The summed E-state index contributed by atoms with van der Waals surface area (Å²) in [6, 6.07) is 0. The lowest BCUT2D eigenvalue weighted by Gasteiger charge is -2.27. The lowest BCUT2D eigenvalue weighted by molar-refractivity contribution is 0.261. The highest BCUT2D eigenvalue weighted by Crippen LogP contribution is 2.02. The quantitative estimate of drug-likeness (QED) is 0.661. The molecular formula is C11H20N2.